The second kappa shape index (κ2) is 12.5. The topological polar surface area (TPSA) is 65.5 Å². The van der Waals surface area contributed by atoms with Gasteiger partial charge in [0, 0.05) is 44.6 Å². The number of benzene rings is 2. The van der Waals surface area contributed by atoms with E-state index in [1.54, 1.807) is 18.5 Å². The molecule has 0 bridgehead atoms. The van der Waals surface area contributed by atoms with Crippen molar-refractivity contribution in [3.05, 3.63) is 126 Å². The molecule has 1 saturated heterocycles. The number of pyridine rings is 1. The molecule has 2 aromatic carbocycles. The van der Waals surface area contributed by atoms with Crippen molar-refractivity contribution in [1.82, 2.24) is 20.1 Å². The van der Waals surface area contributed by atoms with Gasteiger partial charge in [-0.25, -0.2) is 0 Å². The molecule has 1 aliphatic heterocycles. The van der Waals surface area contributed by atoms with Crippen LogP contribution in [0.15, 0.2) is 109 Å². The highest BCUT2D eigenvalue weighted by Crippen LogP contribution is 2.35. The molecule has 2 amide bonds. The summed E-state index contributed by atoms with van der Waals surface area (Å²) in [4.78, 5) is 34.8. The van der Waals surface area contributed by atoms with Crippen molar-refractivity contribution in [3.63, 3.8) is 0 Å². The van der Waals surface area contributed by atoms with Crippen molar-refractivity contribution in [2.45, 2.75) is 31.3 Å². The summed E-state index contributed by atoms with van der Waals surface area (Å²) in [5.41, 5.74) is 4.18. The van der Waals surface area contributed by atoms with E-state index in [4.69, 9.17) is 0 Å². The number of aromatic nitrogens is 1. The number of carbonyl (C=O) groups is 2. The van der Waals surface area contributed by atoms with E-state index in [9.17, 15) is 9.59 Å². The first-order valence-corrected chi connectivity index (χ1v) is 13.4. The van der Waals surface area contributed by atoms with Gasteiger partial charge >= 0.3 is 0 Å². The van der Waals surface area contributed by atoms with Crippen LogP contribution >= 0.6 is 0 Å². The lowest BCUT2D eigenvalue weighted by molar-refractivity contribution is -0.120. The summed E-state index contributed by atoms with van der Waals surface area (Å²) < 4.78 is 0. The third-order valence-corrected chi connectivity index (χ3v) is 7.31. The third-order valence-electron chi connectivity index (χ3n) is 7.31. The van der Waals surface area contributed by atoms with E-state index in [-0.39, 0.29) is 23.9 Å². The maximum absolute atomic E-state index is 13.3. The molecule has 2 aliphatic rings. The molecule has 0 spiro atoms. The number of rotatable bonds is 8. The summed E-state index contributed by atoms with van der Waals surface area (Å²) in [6, 6.07) is 24.0. The average molecular weight is 507 g/mol. The number of carbonyl (C=O) groups excluding carboxylic acids is 2. The van der Waals surface area contributed by atoms with Gasteiger partial charge < -0.3 is 10.2 Å². The molecule has 38 heavy (non-hydrogen) atoms. The summed E-state index contributed by atoms with van der Waals surface area (Å²) >= 11 is 0. The third kappa shape index (κ3) is 6.26. The number of piperazine rings is 1. The molecule has 6 heteroatoms. The summed E-state index contributed by atoms with van der Waals surface area (Å²) in [7, 11) is 0. The Morgan fingerprint density at radius 2 is 1.76 bits per heavy atom. The Morgan fingerprint density at radius 3 is 2.47 bits per heavy atom. The Balaban J connectivity index is 1.39. The van der Waals surface area contributed by atoms with Crippen LogP contribution in [0.4, 0.5) is 0 Å². The number of nitrogens with one attached hydrogen (secondary N) is 1. The quantitative estimate of drug-likeness (QED) is 0.486. The molecule has 1 aromatic heterocycles. The summed E-state index contributed by atoms with van der Waals surface area (Å²) in [6.45, 7) is 2.33. The van der Waals surface area contributed by atoms with Crippen molar-refractivity contribution in [2.24, 2.45) is 0 Å². The normalized spacial score (nSPS) is 18.5. The van der Waals surface area contributed by atoms with Gasteiger partial charge in [-0.1, -0.05) is 78.9 Å². The predicted molar refractivity (Wildman–Crippen MR) is 149 cm³/mol. The van der Waals surface area contributed by atoms with E-state index in [0.717, 1.165) is 18.4 Å². The first kappa shape index (κ1) is 25.6. The summed E-state index contributed by atoms with van der Waals surface area (Å²) in [5.74, 6) is -0.0302. The van der Waals surface area contributed by atoms with Gasteiger partial charge in [0.25, 0.3) is 5.91 Å². The molecule has 2 atom stereocenters. The fraction of sp³-hybridized carbons (Fsp3) is 0.281. The van der Waals surface area contributed by atoms with Gasteiger partial charge in [0.05, 0.1) is 18.0 Å². The van der Waals surface area contributed by atoms with E-state index in [1.165, 1.54) is 11.1 Å². The molecule has 5 rings (SSSR count). The Kier molecular flexibility index (Phi) is 8.41. The van der Waals surface area contributed by atoms with E-state index in [1.807, 2.05) is 47.4 Å². The van der Waals surface area contributed by atoms with Gasteiger partial charge in [-0.2, -0.15) is 0 Å². The van der Waals surface area contributed by atoms with E-state index >= 15 is 0 Å². The van der Waals surface area contributed by atoms with Gasteiger partial charge in [0.1, 0.15) is 0 Å². The van der Waals surface area contributed by atoms with Crippen LogP contribution in [0.1, 0.15) is 40.4 Å². The summed E-state index contributed by atoms with van der Waals surface area (Å²) in [5, 5.41) is 3.18. The van der Waals surface area contributed by atoms with Gasteiger partial charge in [-0.15, -0.1) is 0 Å². The van der Waals surface area contributed by atoms with E-state index in [2.05, 4.69) is 57.7 Å². The van der Waals surface area contributed by atoms with Crippen LogP contribution in [-0.4, -0.2) is 58.8 Å². The fourth-order valence-electron chi connectivity index (χ4n) is 5.43. The van der Waals surface area contributed by atoms with Gasteiger partial charge in [-0.05, 0) is 41.7 Å². The van der Waals surface area contributed by atoms with Crippen molar-refractivity contribution in [1.29, 1.82) is 0 Å². The smallest absolute Gasteiger partial charge is 0.255 e. The second-order valence-electron chi connectivity index (χ2n) is 9.87. The van der Waals surface area contributed by atoms with Crippen LogP contribution in [-0.2, 0) is 11.2 Å². The van der Waals surface area contributed by atoms with Crippen molar-refractivity contribution in [3.8, 4) is 0 Å². The molecule has 2 unspecified atom stereocenters. The zero-order valence-electron chi connectivity index (χ0n) is 21.6. The van der Waals surface area contributed by atoms with Crippen molar-refractivity contribution in [2.75, 3.05) is 26.2 Å². The van der Waals surface area contributed by atoms with Gasteiger partial charge in [-0.3, -0.25) is 19.5 Å². The standard InChI is InChI=1S/C32H34N4O2/c37-30(21-25-11-4-1-5-12-25)34-23-29-24-35(32(38)28-17-10-18-33-22-28)19-20-36(29)31(26-13-6-2-7-14-26)27-15-8-3-9-16-27/h1-8,10-15,17-18,22,29,31H,9,16,19-21,23-24H2,(H,34,37). The Hall–Kier alpha value is -4.03. The van der Waals surface area contributed by atoms with Gasteiger partial charge in [0.15, 0.2) is 0 Å². The van der Waals surface area contributed by atoms with E-state index in [0.29, 0.717) is 38.2 Å². The lowest BCUT2D eigenvalue weighted by Gasteiger charge is -2.46. The molecule has 6 nitrogen and oxygen atoms in total. The minimum absolute atomic E-state index is 0.0112. The van der Waals surface area contributed by atoms with Crippen LogP contribution in [0.25, 0.3) is 0 Å². The molecule has 1 fully saturated rings. The predicted octanol–water partition coefficient (Wildman–Crippen LogP) is 4.58. The lowest BCUT2D eigenvalue weighted by atomic mass is 9.89. The number of allylic oxidation sites excluding steroid dienone is 3. The molecular formula is C32H34N4O2. The number of hydrogen-bond acceptors (Lipinski definition) is 4. The van der Waals surface area contributed by atoms with Crippen LogP contribution < -0.4 is 5.32 Å². The molecule has 1 N–H and O–H groups in total. The molecule has 0 saturated carbocycles. The van der Waals surface area contributed by atoms with Crippen LogP contribution in [0, 0.1) is 0 Å². The molecule has 2 heterocycles. The molecule has 0 radical (unpaired) electrons. The van der Waals surface area contributed by atoms with Crippen LogP contribution in [0.5, 0.6) is 0 Å². The van der Waals surface area contributed by atoms with Crippen LogP contribution in [0.2, 0.25) is 0 Å². The SMILES string of the molecule is O=C(Cc1ccccc1)NCC1CN(C(=O)c2cccnc2)CCN1C(C1=CC=CCC1)c1ccccc1. The maximum Gasteiger partial charge on any atom is 0.255 e. The zero-order chi connectivity index (χ0) is 26.2. The molecule has 194 valence electrons. The first-order valence-electron chi connectivity index (χ1n) is 13.4. The van der Waals surface area contributed by atoms with Gasteiger partial charge in [0.2, 0.25) is 5.91 Å². The highest BCUT2D eigenvalue weighted by atomic mass is 16.2. The van der Waals surface area contributed by atoms with E-state index < -0.39 is 0 Å². The van der Waals surface area contributed by atoms with Crippen molar-refractivity contribution < 1.29 is 9.59 Å². The Labute approximate surface area is 224 Å². The largest absolute Gasteiger partial charge is 0.354 e. The fourth-order valence-corrected chi connectivity index (χ4v) is 5.43. The first-order chi connectivity index (χ1) is 18.7. The minimum Gasteiger partial charge on any atom is -0.354 e. The Morgan fingerprint density at radius 1 is 0.974 bits per heavy atom. The number of nitrogens with zero attached hydrogens (tertiary/aromatic N) is 3. The molecule has 1 aliphatic carbocycles. The minimum atomic E-state index is -0.0406. The number of hydrogen-bond donors (Lipinski definition) is 1. The maximum atomic E-state index is 13.3. The van der Waals surface area contributed by atoms with Crippen molar-refractivity contribution >= 4 is 11.8 Å². The Bertz CT molecular complexity index is 1270. The zero-order valence-corrected chi connectivity index (χ0v) is 21.6. The molecular weight excluding hydrogens is 472 g/mol. The highest BCUT2D eigenvalue weighted by Gasteiger charge is 2.36. The van der Waals surface area contributed by atoms with Crippen LogP contribution in [0.3, 0.4) is 0 Å². The molecule has 3 aromatic rings. The monoisotopic (exact) mass is 506 g/mol. The highest BCUT2D eigenvalue weighted by molar-refractivity contribution is 5.94. The number of amides is 2. The second-order valence-corrected chi connectivity index (χ2v) is 9.87. The average Bonchev–Trinajstić information content (AvgIpc) is 2.98. The lowest BCUT2D eigenvalue weighted by Crippen LogP contribution is -2.59. The summed E-state index contributed by atoms with van der Waals surface area (Å²) in [6.07, 6.45) is 12.2.